The highest BCUT2D eigenvalue weighted by Gasteiger charge is 2.07. The number of nitrogens with one attached hydrogen (secondary N) is 1. The molecular formula is C9H13NO2. The minimum atomic E-state index is -0.142. The molecule has 3 nitrogen and oxygen atoms in total. The van der Waals surface area contributed by atoms with Crippen molar-refractivity contribution in [1.29, 1.82) is 0 Å². The Hall–Kier alpha value is -0.900. The predicted molar refractivity (Wildman–Crippen MR) is 46.0 cm³/mol. The van der Waals surface area contributed by atoms with Gasteiger partial charge in [0.15, 0.2) is 0 Å². The van der Waals surface area contributed by atoms with E-state index in [1.54, 1.807) is 7.11 Å². The third-order valence-corrected chi connectivity index (χ3v) is 1.69. The van der Waals surface area contributed by atoms with Crippen molar-refractivity contribution in [1.82, 2.24) is 5.48 Å². The monoisotopic (exact) mass is 167 g/mol. The zero-order chi connectivity index (χ0) is 8.81. The van der Waals surface area contributed by atoms with Gasteiger partial charge in [0.25, 0.3) is 0 Å². The average molecular weight is 167 g/mol. The number of rotatable bonds is 4. The van der Waals surface area contributed by atoms with Gasteiger partial charge in [-0.2, -0.15) is 5.48 Å². The second-order valence-electron chi connectivity index (χ2n) is 2.55. The largest absolute Gasteiger partial charge is 0.383 e. The lowest BCUT2D eigenvalue weighted by Crippen LogP contribution is -2.21. The summed E-state index contributed by atoms with van der Waals surface area (Å²) in [5.74, 6) is 0. The summed E-state index contributed by atoms with van der Waals surface area (Å²) in [6.45, 7) is 0.459. The van der Waals surface area contributed by atoms with Crippen molar-refractivity contribution < 1.29 is 9.94 Å². The van der Waals surface area contributed by atoms with E-state index < -0.39 is 0 Å². The first-order valence-corrected chi connectivity index (χ1v) is 3.82. The molecule has 0 bridgehead atoms. The van der Waals surface area contributed by atoms with Crippen LogP contribution in [-0.2, 0) is 4.74 Å². The average Bonchev–Trinajstić information content (AvgIpc) is 2.15. The standard InChI is InChI=1S/C9H13NO2/c1-12-7-9(10-11)8-5-3-2-4-6-8/h2-6,9-11H,7H2,1H3/t9-/m0/s1. The first-order valence-electron chi connectivity index (χ1n) is 3.82. The summed E-state index contributed by atoms with van der Waals surface area (Å²) in [6, 6.07) is 9.52. The maximum atomic E-state index is 8.78. The lowest BCUT2D eigenvalue weighted by atomic mass is 10.1. The molecule has 2 N–H and O–H groups in total. The number of hydrogen-bond acceptors (Lipinski definition) is 3. The maximum Gasteiger partial charge on any atom is 0.0802 e. The Morgan fingerprint density at radius 1 is 1.42 bits per heavy atom. The van der Waals surface area contributed by atoms with E-state index in [4.69, 9.17) is 9.94 Å². The van der Waals surface area contributed by atoms with E-state index >= 15 is 0 Å². The maximum absolute atomic E-state index is 8.78. The molecule has 1 atom stereocenters. The predicted octanol–water partition coefficient (Wildman–Crippen LogP) is 1.35. The summed E-state index contributed by atoms with van der Waals surface area (Å²) < 4.78 is 4.93. The summed E-state index contributed by atoms with van der Waals surface area (Å²) in [5.41, 5.74) is 3.21. The molecule has 0 radical (unpaired) electrons. The minimum absolute atomic E-state index is 0.142. The van der Waals surface area contributed by atoms with E-state index in [0.29, 0.717) is 6.61 Å². The zero-order valence-corrected chi connectivity index (χ0v) is 7.03. The molecule has 1 rings (SSSR count). The summed E-state index contributed by atoms with van der Waals surface area (Å²) in [6.07, 6.45) is 0. The van der Waals surface area contributed by atoms with Crippen LogP contribution in [0.4, 0.5) is 0 Å². The van der Waals surface area contributed by atoms with Crippen molar-refractivity contribution in [2.45, 2.75) is 6.04 Å². The molecule has 1 aromatic carbocycles. The van der Waals surface area contributed by atoms with Gasteiger partial charge >= 0.3 is 0 Å². The lowest BCUT2D eigenvalue weighted by molar-refractivity contribution is 0.0710. The first-order chi connectivity index (χ1) is 5.88. The van der Waals surface area contributed by atoms with Gasteiger partial charge in [-0.15, -0.1) is 0 Å². The highest BCUT2D eigenvalue weighted by molar-refractivity contribution is 5.18. The van der Waals surface area contributed by atoms with Crippen molar-refractivity contribution in [2.24, 2.45) is 0 Å². The van der Waals surface area contributed by atoms with Crippen molar-refractivity contribution in [3.63, 3.8) is 0 Å². The van der Waals surface area contributed by atoms with Crippen molar-refractivity contribution in [3.05, 3.63) is 35.9 Å². The van der Waals surface area contributed by atoms with Gasteiger partial charge in [0.1, 0.15) is 0 Å². The third-order valence-electron chi connectivity index (χ3n) is 1.69. The van der Waals surface area contributed by atoms with Crippen molar-refractivity contribution >= 4 is 0 Å². The molecule has 0 saturated carbocycles. The molecule has 0 aliphatic carbocycles. The number of hydroxylamine groups is 1. The Morgan fingerprint density at radius 2 is 2.08 bits per heavy atom. The van der Waals surface area contributed by atoms with E-state index in [1.165, 1.54) is 0 Å². The number of benzene rings is 1. The van der Waals surface area contributed by atoms with Crippen LogP contribution in [-0.4, -0.2) is 18.9 Å². The fourth-order valence-electron chi connectivity index (χ4n) is 1.06. The Morgan fingerprint density at radius 3 is 2.58 bits per heavy atom. The van der Waals surface area contributed by atoms with Crippen LogP contribution in [0.5, 0.6) is 0 Å². The van der Waals surface area contributed by atoms with Gasteiger partial charge < -0.3 is 9.94 Å². The number of ether oxygens (including phenoxy) is 1. The van der Waals surface area contributed by atoms with Gasteiger partial charge in [-0.3, -0.25) is 0 Å². The quantitative estimate of drug-likeness (QED) is 0.665. The SMILES string of the molecule is COC[C@H](NO)c1ccccc1. The van der Waals surface area contributed by atoms with E-state index in [-0.39, 0.29) is 6.04 Å². The Balaban J connectivity index is 2.66. The molecule has 0 heterocycles. The summed E-state index contributed by atoms with van der Waals surface area (Å²) in [7, 11) is 1.60. The van der Waals surface area contributed by atoms with E-state index in [1.807, 2.05) is 30.3 Å². The molecule has 66 valence electrons. The molecule has 0 saturated heterocycles. The highest BCUT2D eigenvalue weighted by atomic mass is 16.5. The van der Waals surface area contributed by atoms with Crippen LogP contribution >= 0.6 is 0 Å². The topological polar surface area (TPSA) is 41.5 Å². The lowest BCUT2D eigenvalue weighted by Gasteiger charge is -2.13. The molecular weight excluding hydrogens is 154 g/mol. The first kappa shape index (κ1) is 9.19. The van der Waals surface area contributed by atoms with E-state index in [9.17, 15) is 0 Å². The Labute approximate surface area is 71.9 Å². The fourth-order valence-corrected chi connectivity index (χ4v) is 1.06. The van der Waals surface area contributed by atoms with Crippen LogP contribution in [0.15, 0.2) is 30.3 Å². The van der Waals surface area contributed by atoms with E-state index in [0.717, 1.165) is 5.56 Å². The van der Waals surface area contributed by atoms with Gasteiger partial charge in [0, 0.05) is 7.11 Å². The van der Waals surface area contributed by atoms with Crippen LogP contribution in [0.2, 0.25) is 0 Å². The normalized spacial score (nSPS) is 12.8. The summed E-state index contributed by atoms with van der Waals surface area (Å²) >= 11 is 0. The molecule has 0 amide bonds. The highest BCUT2D eigenvalue weighted by Crippen LogP contribution is 2.11. The number of methoxy groups -OCH3 is 1. The van der Waals surface area contributed by atoms with Gasteiger partial charge in [-0.1, -0.05) is 30.3 Å². The van der Waals surface area contributed by atoms with Crippen LogP contribution < -0.4 is 5.48 Å². The zero-order valence-electron chi connectivity index (χ0n) is 7.03. The van der Waals surface area contributed by atoms with Crippen LogP contribution in [0.1, 0.15) is 11.6 Å². The summed E-state index contributed by atoms with van der Waals surface area (Å²) in [4.78, 5) is 0. The molecule has 3 heteroatoms. The van der Waals surface area contributed by atoms with Crippen molar-refractivity contribution in [2.75, 3.05) is 13.7 Å². The van der Waals surface area contributed by atoms with Gasteiger partial charge in [-0.25, -0.2) is 0 Å². The molecule has 0 aromatic heterocycles. The van der Waals surface area contributed by atoms with Crippen LogP contribution in [0.25, 0.3) is 0 Å². The second-order valence-corrected chi connectivity index (χ2v) is 2.55. The van der Waals surface area contributed by atoms with Crippen LogP contribution in [0.3, 0.4) is 0 Å². The minimum Gasteiger partial charge on any atom is -0.383 e. The molecule has 1 aromatic rings. The van der Waals surface area contributed by atoms with Gasteiger partial charge in [0.2, 0.25) is 0 Å². The van der Waals surface area contributed by atoms with Crippen molar-refractivity contribution in [3.8, 4) is 0 Å². The third kappa shape index (κ3) is 2.30. The molecule has 0 spiro atoms. The summed E-state index contributed by atoms with van der Waals surface area (Å²) in [5, 5.41) is 8.78. The van der Waals surface area contributed by atoms with Gasteiger partial charge in [0.05, 0.1) is 12.6 Å². The molecule has 0 unspecified atom stereocenters. The molecule has 0 aliphatic heterocycles. The van der Waals surface area contributed by atoms with Crippen LogP contribution in [0, 0.1) is 0 Å². The van der Waals surface area contributed by atoms with E-state index in [2.05, 4.69) is 5.48 Å². The smallest absolute Gasteiger partial charge is 0.0802 e. The Bertz CT molecular complexity index is 213. The molecule has 0 fully saturated rings. The molecule has 0 aliphatic rings. The second kappa shape index (κ2) is 4.87. The Kier molecular flexibility index (Phi) is 3.73. The van der Waals surface area contributed by atoms with Gasteiger partial charge in [-0.05, 0) is 5.56 Å². The number of hydrogen-bond donors (Lipinski definition) is 2. The molecule has 12 heavy (non-hydrogen) atoms. The fraction of sp³-hybridized carbons (Fsp3) is 0.333.